The van der Waals surface area contributed by atoms with Gasteiger partial charge in [-0.25, -0.2) is 0 Å². The van der Waals surface area contributed by atoms with Crippen LogP contribution in [0.25, 0.3) is 0 Å². The van der Waals surface area contributed by atoms with Crippen molar-refractivity contribution in [1.29, 1.82) is 0 Å². The maximum atomic E-state index is 11.8. The summed E-state index contributed by atoms with van der Waals surface area (Å²) in [6.45, 7) is 8.74. The van der Waals surface area contributed by atoms with Crippen LogP contribution in [0.2, 0.25) is 0 Å². The molecule has 22 heavy (non-hydrogen) atoms. The van der Waals surface area contributed by atoms with Crippen molar-refractivity contribution in [2.24, 2.45) is 11.7 Å². The SMILES string of the molecule is CC(C)COC(C)c1noc(CN(C)C(=O)CC(C)N)n1.Cl. The zero-order chi connectivity index (χ0) is 16.0. The number of nitrogens with zero attached hydrogens (tertiary/aromatic N) is 3. The highest BCUT2D eigenvalue weighted by atomic mass is 35.5. The Morgan fingerprint density at radius 2 is 2.00 bits per heavy atom. The summed E-state index contributed by atoms with van der Waals surface area (Å²) in [6.07, 6.45) is 0.0701. The zero-order valence-electron chi connectivity index (χ0n) is 13.9. The van der Waals surface area contributed by atoms with Crippen molar-refractivity contribution in [3.05, 3.63) is 11.7 Å². The smallest absolute Gasteiger partial charge is 0.246 e. The lowest BCUT2D eigenvalue weighted by Crippen LogP contribution is -2.31. The van der Waals surface area contributed by atoms with Crippen LogP contribution >= 0.6 is 12.4 Å². The number of rotatable bonds is 8. The molecule has 0 saturated carbocycles. The third-order valence-corrected chi connectivity index (χ3v) is 2.82. The van der Waals surface area contributed by atoms with Crippen molar-refractivity contribution in [1.82, 2.24) is 15.0 Å². The van der Waals surface area contributed by atoms with Gasteiger partial charge >= 0.3 is 0 Å². The normalized spacial score (nSPS) is 13.6. The molecule has 2 atom stereocenters. The largest absolute Gasteiger partial charge is 0.370 e. The molecule has 8 heteroatoms. The molecule has 0 bridgehead atoms. The molecule has 1 aromatic heterocycles. The predicted octanol–water partition coefficient (Wildman–Crippen LogP) is 1.92. The van der Waals surface area contributed by atoms with E-state index in [0.717, 1.165) is 0 Å². The lowest BCUT2D eigenvalue weighted by molar-refractivity contribution is -0.131. The molecule has 0 spiro atoms. The van der Waals surface area contributed by atoms with Crippen LogP contribution in [0.5, 0.6) is 0 Å². The molecule has 0 aliphatic carbocycles. The Morgan fingerprint density at radius 3 is 2.55 bits per heavy atom. The van der Waals surface area contributed by atoms with Crippen molar-refractivity contribution in [2.75, 3.05) is 13.7 Å². The first-order chi connectivity index (χ1) is 9.79. The van der Waals surface area contributed by atoms with Crippen molar-refractivity contribution in [3.8, 4) is 0 Å². The summed E-state index contributed by atoms with van der Waals surface area (Å²) in [4.78, 5) is 17.6. The highest BCUT2D eigenvalue weighted by Gasteiger charge is 2.18. The zero-order valence-corrected chi connectivity index (χ0v) is 14.7. The maximum Gasteiger partial charge on any atom is 0.246 e. The van der Waals surface area contributed by atoms with E-state index in [-0.39, 0.29) is 37.0 Å². The second-order valence-corrected chi connectivity index (χ2v) is 5.85. The molecule has 0 fully saturated rings. The van der Waals surface area contributed by atoms with Gasteiger partial charge in [0, 0.05) is 26.1 Å². The summed E-state index contributed by atoms with van der Waals surface area (Å²) >= 11 is 0. The Morgan fingerprint density at radius 1 is 1.36 bits per heavy atom. The highest BCUT2D eigenvalue weighted by molar-refractivity contribution is 5.85. The van der Waals surface area contributed by atoms with Gasteiger partial charge in [-0.2, -0.15) is 4.98 Å². The quantitative estimate of drug-likeness (QED) is 0.780. The Kier molecular flexibility index (Phi) is 9.24. The minimum Gasteiger partial charge on any atom is -0.370 e. The molecule has 1 rings (SSSR count). The molecule has 2 N–H and O–H groups in total. The lowest BCUT2D eigenvalue weighted by Gasteiger charge is -2.15. The van der Waals surface area contributed by atoms with Gasteiger partial charge in [-0.05, 0) is 19.8 Å². The van der Waals surface area contributed by atoms with Crippen molar-refractivity contribution in [3.63, 3.8) is 0 Å². The Bertz CT molecular complexity index is 451. The van der Waals surface area contributed by atoms with E-state index in [4.69, 9.17) is 15.0 Å². The molecule has 128 valence electrons. The Balaban J connectivity index is 0.00000441. The molecule has 7 nitrogen and oxygen atoms in total. The summed E-state index contributed by atoms with van der Waals surface area (Å²) in [5, 5.41) is 3.89. The van der Waals surface area contributed by atoms with Crippen LogP contribution in [0.1, 0.15) is 51.9 Å². The average molecular weight is 335 g/mol. The Labute approximate surface area is 138 Å². The van der Waals surface area contributed by atoms with Gasteiger partial charge in [0.05, 0.1) is 6.54 Å². The van der Waals surface area contributed by atoms with Gasteiger partial charge in [0.15, 0.2) is 5.82 Å². The van der Waals surface area contributed by atoms with E-state index in [2.05, 4.69) is 24.0 Å². The number of nitrogens with two attached hydrogens (primary N) is 1. The summed E-state index contributed by atoms with van der Waals surface area (Å²) < 4.78 is 10.8. The molecular formula is C14H27ClN4O3. The first-order valence-corrected chi connectivity index (χ1v) is 7.23. The van der Waals surface area contributed by atoms with Gasteiger partial charge in [-0.15, -0.1) is 12.4 Å². The second-order valence-electron chi connectivity index (χ2n) is 5.85. The molecular weight excluding hydrogens is 308 g/mol. The summed E-state index contributed by atoms with van der Waals surface area (Å²) in [5.41, 5.74) is 5.61. The van der Waals surface area contributed by atoms with E-state index in [1.54, 1.807) is 14.0 Å². The number of aromatic nitrogens is 2. The minimum absolute atomic E-state index is 0. The van der Waals surface area contributed by atoms with E-state index in [9.17, 15) is 4.79 Å². The van der Waals surface area contributed by atoms with E-state index in [1.807, 2.05) is 6.92 Å². The molecule has 0 radical (unpaired) electrons. The van der Waals surface area contributed by atoms with Crippen LogP contribution in [0, 0.1) is 5.92 Å². The van der Waals surface area contributed by atoms with Crippen LogP contribution in [-0.4, -0.2) is 40.6 Å². The molecule has 1 heterocycles. The fraction of sp³-hybridized carbons (Fsp3) is 0.786. The van der Waals surface area contributed by atoms with Gasteiger partial charge in [-0.3, -0.25) is 4.79 Å². The number of amides is 1. The van der Waals surface area contributed by atoms with E-state index in [0.29, 0.717) is 30.7 Å². The molecule has 0 aliphatic rings. The summed E-state index contributed by atoms with van der Waals surface area (Å²) in [6, 6.07) is -0.164. The molecule has 2 unspecified atom stereocenters. The van der Waals surface area contributed by atoms with Crippen molar-refractivity contribution in [2.45, 2.75) is 52.8 Å². The first-order valence-electron chi connectivity index (χ1n) is 7.23. The fourth-order valence-electron chi connectivity index (χ4n) is 1.63. The molecule has 1 amide bonds. The molecule has 1 aromatic rings. The van der Waals surface area contributed by atoms with Gasteiger partial charge in [0.2, 0.25) is 11.8 Å². The second kappa shape index (κ2) is 9.76. The topological polar surface area (TPSA) is 94.5 Å². The number of carbonyl (C=O) groups is 1. The van der Waals surface area contributed by atoms with Crippen LogP contribution in [-0.2, 0) is 16.1 Å². The van der Waals surface area contributed by atoms with Gasteiger partial charge in [0.25, 0.3) is 0 Å². The predicted molar refractivity (Wildman–Crippen MR) is 85.5 cm³/mol. The van der Waals surface area contributed by atoms with E-state index >= 15 is 0 Å². The third-order valence-electron chi connectivity index (χ3n) is 2.82. The van der Waals surface area contributed by atoms with E-state index in [1.165, 1.54) is 4.90 Å². The van der Waals surface area contributed by atoms with Gasteiger partial charge in [-0.1, -0.05) is 19.0 Å². The van der Waals surface area contributed by atoms with Crippen LogP contribution in [0.3, 0.4) is 0 Å². The van der Waals surface area contributed by atoms with Crippen LogP contribution in [0.15, 0.2) is 4.52 Å². The maximum absolute atomic E-state index is 11.8. The van der Waals surface area contributed by atoms with Gasteiger partial charge in [0.1, 0.15) is 6.10 Å². The molecule has 0 aliphatic heterocycles. The lowest BCUT2D eigenvalue weighted by atomic mass is 10.2. The molecule has 0 aromatic carbocycles. The van der Waals surface area contributed by atoms with Crippen LogP contribution in [0.4, 0.5) is 0 Å². The van der Waals surface area contributed by atoms with Crippen LogP contribution < -0.4 is 5.73 Å². The minimum atomic E-state index is -0.227. The molecule has 0 saturated heterocycles. The number of carbonyl (C=O) groups excluding carboxylic acids is 1. The number of hydrogen-bond donors (Lipinski definition) is 1. The number of hydrogen-bond acceptors (Lipinski definition) is 6. The standard InChI is InChI=1S/C14H26N4O3.ClH/c1-9(2)8-20-11(4)14-16-12(21-17-14)7-18(5)13(19)6-10(3)15;/h9-11H,6-8,15H2,1-5H3;1H. The first kappa shape index (κ1) is 20.8. The third kappa shape index (κ3) is 7.20. The number of ether oxygens (including phenoxy) is 1. The van der Waals surface area contributed by atoms with Gasteiger partial charge < -0.3 is 19.9 Å². The monoisotopic (exact) mass is 334 g/mol. The van der Waals surface area contributed by atoms with Crippen molar-refractivity contribution < 1.29 is 14.1 Å². The highest BCUT2D eigenvalue weighted by Crippen LogP contribution is 2.15. The van der Waals surface area contributed by atoms with Crippen molar-refractivity contribution >= 4 is 18.3 Å². The fourth-order valence-corrected chi connectivity index (χ4v) is 1.63. The number of halogens is 1. The Hall–Kier alpha value is -1.18. The average Bonchev–Trinajstić information content (AvgIpc) is 2.83. The summed E-state index contributed by atoms with van der Waals surface area (Å²) in [5.74, 6) is 1.29. The van der Waals surface area contributed by atoms with E-state index < -0.39 is 0 Å². The summed E-state index contributed by atoms with van der Waals surface area (Å²) in [7, 11) is 1.69.